The minimum Gasteiger partial charge on any atom is -0.496 e. The molecule has 3 heteroatoms. The highest BCUT2D eigenvalue weighted by Crippen LogP contribution is 2.38. The molecule has 0 aliphatic carbocycles. The van der Waals surface area contributed by atoms with Gasteiger partial charge in [-0.15, -0.1) is 0 Å². The first-order valence-corrected chi connectivity index (χ1v) is 24.5. The Morgan fingerprint density at radius 2 is 0.812 bits per heavy atom. The standard InChI is InChI=1S/C66H65NO2/c1-49(2)13-12-14-50(3)45-46-69-66-48-60(65(68-5)47-61(66)34-27-53-17-10-7-11-18-53)33-28-55-25-31-57(32-26-55)59-37-43-64(44-38-59)67(62-39-19-51(4)20-40-62)63-41-35-58(36-42-63)56-29-23-54(24-30-56)22-21-52-15-8-6-9-16-52/h6-11,15-44,47-50H,12-14,45-46H2,1-5H3/b22-21+,33-28+,34-27+. The maximum absolute atomic E-state index is 6.55. The van der Waals surface area contributed by atoms with Crippen molar-refractivity contribution in [2.45, 2.75) is 53.4 Å². The summed E-state index contributed by atoms with van der Waals surface area (Å²) in [6.45, 7) is 9.76. The van der Waals surface area contributed by atoms with Crippen LogP contribution in [0.2, 0.25) is 0 Å². The highest BCUT2D eigenvalue weighted by Gasteiger charge is 2.14. The van der Waals surface area contributed by atoms with Crippen molar-refractivity contribution < 1.29 is 9.47 Å². The zero-order valence-electron chi connectivity index (χ0n) is 40.9. The molecule has 0 radical (unpaired) electrons. The van der Waals surface area contributed by atoms with Crippen LogP contribution in [0.5, 0.6) is 11.5 Å². The SMILES string of the molecule is COc1cc(/C=C/c2ccccc2)c(OCCC(C)CCCC(C)C)cc1/C=C/c1ccc(-c2ccc(N(c3ccc(C)cc3)c3ccc(-c4ccc(/C=C/c5ccccc5)cc4)cc3)cc2)cc1. The molecule has 0 saturated carbocycles. The zero-order chi connectivity index (χ0) is 47.8. The molecule has 0 aliphatic rings. The molecule has 3 nitrogen and oxygen atoms in total. The predicted molar refractivity (Wildman–Crippen MR) is 297 cm³/mol. The summed E-state index contributed by atoms with van der Waals surface area (Å²) >= 11 is 0. The summed E-state index contributed by atoms with van der Waals surface area (Å²) < 4.78 is 12.5. The number of anilines is 3. The Bertz CT molecular complexity index is 2910. The van der Waals surface area contributed by atoms with Crippen LogP contribution in [0.15, 0.2) is 194 Å². The van der Waals surface area contributed by atoms with E-state index in [0.29, 0.717) is 12.5 Å². The van der Waals surface area contributed by atoms with Gasteiger partial charge in [-0.3, -0.25) is 0 Å². The van der Waals surface area contributed by atoms with E-state index in [-0.39, 0.29) is 0 Å². The van der Waals surface area contributed by atoms with E-state index in [2.05, 4.69) is 251 Å². The summed E-state index contributed by atoms with van der Waals surface area (Å²) in [5.74, 6) is 3.03. The van der Waals surface area contributed by atoms with Crippen molar-refractivity contribution in [3.63, 3.8) is 0 Å². The highest BCUT2D eigenvalue weighted by atomic mass is 16.5. The van der Waals surface area contributed by atoms with Crippen LogP contribution in [-0.4, -0.2) is 13.7 Å². The van der Waals surface area contributed by atoms with Gasteiger partial charge in [-0.2, -0.15) is 0 Å². The minimum absolute atomic E-state index is 0.617. The van der Waals surface area contributed by atoms with Gasteiger partial charge in [0.1, 0.15) is 11.5 Å². The fraction of sp³-hybridized carbons (Fsp3) is 0.182. The van der Waals surface area contributed by atoms with E-state index in [9.17, 15) is 0 Å². The van der Waals surface area contributed by atoms with Gasteiger partial charge in [-0.25, -0.2) is 0 Å². The molecule has 346 valence electrons. The second kappa shape index (κ2) is 23.9. The molecule has 0 heterocycles. The topological polar surface area (TPSA) is 21.7 Å². The normalized spacial score (nSPS) is 12.0. The van der Waals surface area contributed by atoms with Crippen LogP contribution in [0, 0.1) is 18.8 Å². The molecule has 69 heavy (non-hydrogen) atoms. The van der Waals surface area contributed by atoms with Crippen LogP contribution in [-0.2, 0) is 0 Å². The number of methoxy groups -OCH3 is 1. The Labute approximate surface area is 411 Å². The second-order valence-corrected chi connectivity index (χ2v) is 18.5. The fourth-order valence-corrected chi connectivity index (χ4v) is 8.56. The van der Waals surface area contributed by atoms with Gasteiger partial charge in [0.2, 0.25) is 0 Å². The van der Waals surface area contributed by atoms with Crippen LogP contribution < -0.4 is 14.4 Å². The maximum Gasteiger partial charge on any atom is 0.127 e. The summed E-state index contributed by atoms with van der Waals surface area (Å²) in [7, 11) is 1.74. The van der Waals surface area contributed by atoms with Crippen molar-refractivity contribution >= 4 is 53.5 Å². The van der Waals surface area contributed by atoms with Gasteiger partial charge in [0, 0.05) is 28.2 Å². The molecule has 8 rings (SSSR count). The second-order valence-electron chi connectivity index (χ2n) is 18.5. The van der Waals surface area contributed by atoms with E-state index in [0.717, 1.165) is 74.3 Å². The van der Waals surface area contributed by atoms with Crippen molar-refractivity contribution in [3.05, 3.63) is 233 Å². The van der Waals surface area contributed by atoms with Crippen molar-refractivity contribution in [2.24, 2.45) is 11.8 Å². The molecule has 0 aliphatic heterocycles. The molecule has 8 aromatic carbocycles. The highest BCUT2D eigenvalue weighted by molar-refractivity contribution is 5.82. The Balaban J connectivity index is 0.970. The number of nitrogens with zero attached hydrogens (tertiary/aromatic N) is 1. The molecule has 0 fully saturated rings. The Morgan fingerprint density at radius 1 is 0.420 bits per heavy atom. The number of aryl methyl sites for hydroxylation is 1. The molecule has 1 unspecified atom stereocenters. The van der Waals surface area contributed by atoms with E-state index in [1.165, 1.54) is 47.1 Å². The molecule has 0 spiro atoms. The molecule has 0 aromatic heterocycles. The third-order valence-electron chi connectivity index (χ3n) is 12.7. The monoisotopic (exact) mass is 904 g/mol. The number of rotatable bonds is 20. The summed E-state index contributed by atoms with van der Waals surface area (Å²) in [6.07, 6.45) is 17.7. The average Bonchev–Trinajstić information content (AvgIpc) is 3.39. The first kappa shape index (κ1) is 47.9. The van der Waals surface area contributed by atoms with Gasteiger partial charge in [-0.1, -0.05) is 228 Å². The van der Waals surface area contributed by atoms with Crippen LogP contribution in [0.1, 0.15) is 85.4 Å². The average molecular weight is 904 g/mol. The Morgan fingerprint density at radius 3 is 1.26 bits per heavy atom. The van der Waals surface area contributed by atoms with E-state index >= 15 is 0 Å². The first-order valence-electron chi connectivity index (χ1n) is 24.5. The van der Waals surface area contributed by atoms with Gasteiger partial charge in [0.05, 0.1) is 13.7 Å². The van der Waals surface area contributed by atoms with Crippen LogP contribution in [0.4, 0.5) is 17.1 Å². The fourth-order valence-electron chi connectivity index (χ4n) is 8.56. The van der Waals surface area contributed by atoms with E-state index in [1.54, 1.807) is 7.11 Å². The molecule has 8 aromatic rings. The summed E-state index contributed by atoms with van der Waals surface area (Å²) in [6, 6.07) is 69.0. The lowest BCUT2D eigenvalue weighted by Crippen LogP contribution is -2.09. The van der Waals surface area contributed by atoms with Gasteiger partial charge < -0.3 is 14.4 Å². The number of ether oxygens (including phenoxy) is 2. The minimum atomic E-state index is 0.617. The third-order valence-corrected chi connectivity index (χ3v) is 12.7. The lowest BCUT2D eigenvalue weighted by Gasteiger charge is -2.26. The Kier molecular flexibility index (Phi) is 16.6. The summed E-state index contributed by atoms with van der Waals surface area (Å²) in [5, 5.41) is 0. The molecular formula is C66H65NO2. The molecule has 0 amide bonds. The van der Waals surface area contributed by atoms with Crippen LogP contribution >= 0.6 is 0 Å². The van der Waals surface area contributed by atoms with Gasteiger partial charge >= 0.3 is 0 Å². The van der Waals surface area contributed by atoms with E-state index < -0.39 is 0 Å². The molecule has 0 saturated heterocycles. The predicted octanol–water partition coefficient (Wildman–Crippen LogP) is 18.5. The summed E-state index contributed by atoms with van der Waals surface area (Å²) in [5.41, 5.74) is 15.8. The quantitative estimate of drug-likeness (QED) is 0.0712. The molecule has 1 atom stereocenters. The number of benzene rings is 8. The first-order chi connectivity index (χ1) is 33.8. The molecular weight excluding hydrogens is 839 g/mol. The smallest absolute Gasteiger partial charge is 0.127 e. The van der Waals surface area contributed by atoms with Gasteiger partial charge in [0.15, 0.2) is 0 Å². The lowest BCUT2D eigenvalue weighted by atomic mass is 9.97. The number of hydrogen-bond donors (Lipinski definition) is 0. The maximum atomic E-state index is 6.55. The summed E-state index contributed by atoms with van der Waals surface area (Å²) in [4.78, 5) is 2.32. The molecule has 0 bridgehead atoms. The van der Waals surface area contributed by atoms with E-state index in [4.69, 9.17) is 9.47 Å². The molecule has 0 N–H and O–H groups in total. The van der Waals surface area contributed by atoms with Crippen molar-refractivity contribution in [1.29, 1.82) is 0 Å². The van der Waals surface area contributed by atoms with Crippen LogP contribution in [0.25, 0.3) is 58.7 Å². The lowest BCUT2D eigenvalue weighted by molar-refractivity contribution is 0.275. The van der Waals surface area contributed by atoms with Crippen molar-refractivity contribution in [3.8, 4) is 33.8 Å². The number of hydrogen-bond acceptors (Lipinski definition) is 3. The third kappa shape index (κ3) is 13.5. The van der Waals surface area contributed by atoms with Crippen LogP contribution in [0.3, 0.4) is 0 Å². The van der Waals surface area contributed by atoms with Gasteiger partial charge in [0.25, 0.3) is 0 Å². The largest absolute Gasteiger partial charge is 0.496 e. The van der Waals surface area contributed by atoms with E-state index in [1.807, 2.05) is 12.1 Å². The van der Waals surface area contributed by atoms with Crippen molar-refractivity contribution in [2.75, 3.05) is 18.6 Å². The Hall–Kier alpha value is -7.62. The van der Waals surface area contributed by atoms with Gasteiger partial charge in [-0.05, 0) is 118 Å². The van der Waals surface area contributed by atoms with Crippen molar-refractivity contribution in [1.82, 2.24) is 0 Å². The zero-order valence-corrected chi connectivity index (χ0v) is 40.9.